The maximum Gasteiger partial charge on any atom is 0.132 e. The standard InChI is InChI=1S/C34H68O2/c1-3-5-7-9-11-13-14-16-18-22-26-30-34(36)32-28-24-20-19-23-27-31-33(35)29-25-21-17-15-12-10-8-6-4-2/h34,36H,3-32H2,1-2H3. The van der Waals surface area contributed by atoms with Crippen LogP contribution >= 0.6 is 0 Å². The number of rotatable bonds is 31. The van der Waals surface area contributed by atoms with Gasteiger partial charge in [-0.25, -0.2) is 0 Å². The van der Waals surface area contributed by atoms with Gasteiger partial charge in [-0.15, -0.1) is 0 Å². The normalized spacial score (nSPS) is 12.3. The van der Waals surface area contributed by atoms with Crippen LogP contribution in [-0.2, 0) is 4.79 Å². The molecule has 2 heteroatoms. The van der Waals surface area contributed by atoms with Gasteiger partial charge < -0.3 is 5.11 Å². The van der Waals surface area contributed by atoms with Gasteiger partial charge in [-0.05, 0) is 25.7 Å². The Hall–Kier alpha value is -0.370. The zero-order valence-corrected chi connectivity index (χ0v) is 25.1. The number of ketones is 1. The number of Topliss-reactive ketones (excluding diaryl/α,β-unsaturated/α-hetero) is 1. The molecule has 0 saturated carbocycles. The van der Waals surface area contributed by atoms with E-state index in [2.05, 4.69) is 13.8 Å². The monoisotopic (exact) mass is 509 g/mol. The van der Waals surface area contributed by atoms with Gasteiger partial charge in [0.15, 0.2) is 0 Å². The van der Waals surface area contributed by atoms with E-state index in [1.807, 2.05) is 0 Å². The Morgan fingerprint density at radius 1 is 0.417 bits per heavy atom. The fourth-order valence-electron chi connectivity index (χ4n) is 5.36. The molecule has 0 heterocycles. The zero-order valence-electron chi connectivity index (χ0n) is 25.1. The first-order chi connectivity index (χ1) is 17.7. The van der Waals surface area contributed by atoms with E-state index in [1.54, 1.807) is 0 Å². The number of carbonyl (C=O) groups is 1. The van der Waals surface area contributed by atoms with Crippen molar-refractivity contribution in [3.8, 4) is 0 Å². The van der Waals surface area contributed by atoms with Gasteiger partial charge in [0.25, 0.3) is 0 Å². The molecular weight excluding hydrogens is 440 g/mol. The summed E-state index contributed by atoms with van der Waals surface area (Å²) in [6.45, 7) is 4.55. The predicted octanol–water partition coefficient (Wildman–Crippen LogP) is 11.7. The minimum absolute atomic E-state index is 0.0813. The summed E-state index contributed by atoms with van der Waals surface area (Å²) in [4.78, 5) is 12.1. The zero-order chi connectivity index (χ0) is 26.4. The Balaban J connectivity index is 3.24. The van der Waals surface area contributed by atoms with Crippen LogP contribution in [0.5, 0.6) is 0 Å². The Bertz CT molecular complexity index is 419. The van der Waals surface area contributed by atoms with Crippen LogP contribution in [0, 0.1) is 0 Å². The summed E-state index contributed by atoms with van der Waals surface area (Å²) in [6.07, 6.45) is 37.7. The Kier molecular flexibility index (Phi) is 30.5. The molecule has 2 nitrogen and oxygen atoms in total. The van der Waals surface area contributed by atoms with Gasteiger partial charge in [0, 0.05) is 12.8 Å². The lowest BCUT2D eigenvalue weighted by Crippen LogP contribution is -2.05. The van der Waals surface area contributed by atoms with Gasteiger partial charge in [0.1, 0.15) is 5.78 Å². The highest BCUT2D eigenvalue weighted by molar-refractivity contribution is 5.78. The first kappa shape index (κ1) is 35.6. The molecule has 1 atom stereocenters. The molecule has 0 spiro atoms. The SMILES string of the molecule is CCCCCCCCCCCCCC(O)CCCCCCCCC(=O)CCCCCCCCCCC. The van der Waals surface area contributed by atoms with Crippen LogP contribution in [0.4, 0.5) is 0 Å². The van der Waals surface area contributed by atoms with E-state index in [0.717, 1.165) is 44.9 Å². The van der Waals surface area contributed by atoms with Crippen molar-refractivity contribution in [1.82, 2.24) is 0 Å². The fraction of sp³-hybridized carbons (Fsp3) is 0.971. The van der Waals surface area contributed by atoms with Gasteiger partial charge in [-0.1, -0.05) is 168 Å². The number of hydrogen-bond donors (Lipinski definition) is 1. The Morgan fingerprint density at radius 2 is 0.667 bits per heavy atom. The highest BCUT2D eigenvalue weighted by Crippen LogP contribution is 2.16. The van der Waals surface area contributed by atoms with E-state index < -0.39 is 0 Å². The molecule has 0 aromatic heterocycles. The fourth-order valence-corrected chi connectivity index (χ4v) is 5.36. The summed E-state index contributed by atoms with van der Waals surface area (Å²) in [7, 11) is 0. The van der Waals surface area contributed by atoms with Crippen LogP contribution < -0.4 is 0 Å². The third-order valence-electron chi connectivity index (χ3n) is 7.94. The van der Waals surface area contributed by atoms with Crippen LogP contribution in [0.3, 0.4) is 0 Å². The molecule has 0 bridgehead atoms. The molecule has 0 aliphatic rings. The van der Waals surface area contributed by atoms with Crippen molar-refractivity contribution in [2.45, 2.75) is 213 Å². The highest BCUT2D eigenvalue weighted by Gasteiger charge is 2.05. The summed E-state index contributed by atoms with van der Waals surface area (Å²) in [5.74, 6) is 0.489. The van der Waals surface area contributed by atoms with Crippen LogP contribution in [-0.4, -0.2) is 17.0 Å². The van der Waals surface area contributed by atoms with Crippen molar-refractivity contribution in [1.29, 1.82) is 0 Å². The summed E-state index contributed by atoms with van der Waals surface area (Å²) in [5.41, 5.74) is 0. The lowest BCUT2D eigenvalue weighted by molar-refractivity contribution is -0.119. The van der Waals surface area contributed by atoms with E-state index in [9.17, 15) is 9.90 Å². The van der Waals surface area contributed by atoms with Crippen LogP contribution in [0.2, 0.25) is 0 Å². The number of carbonyl (C=O) groups excluding carboxylic acids is 1. The molecule has 1 N–H and O–H groups in total. The molecule has 0 aliphatic heterocycles. The number of hydrogen-bond acceptors (Lipinski definition) is 2. The smallest absolute Gasteiger partial charge is 0.132 e. The van der Waals surface area contributed by atoms with Gasteiger partial charge in [-0.2, -0.15) is 0 Å². The quantitative estimate of drug-likeness (QED) is 0.0945. The maximum atomic E-state index is 12.1. The summed E-state index contributed by atoms with van der Waals surface area (Å²) < 4.78 is 0. The van der Waals surface area contributed by atoms with Crippen molar-refractivity contribution < 1.29 is 9.90 Å². The van der Waals surface area contributed by atoms with Crippen molar-refractivity contribution >= 4 is 5.78 Å². The minimum Gasteiger partial charge on any atom is -0.393 e. The second kappa shape index (κ2) is 30.9. The van der Waals surface area contributed by atoms with Crippen molar-refractivity contribution in [3.63, 3.8) is 0 Å². The molecule has 1 unspecified atom stereocenters. The van der Waals surface area contributed by atoms with E-state index in [1.165, 1.54) is 148 Å². The molecular formula is C34H68O2. The second-order valence-electron chi connectivity index (χ2n) is 11.8. The molecule has 0 aromatic carbocycles. The molecule has 0 saturated heterocycles. The lowest BCUT2D eigenvalue weighted by Gasteiger charge is -2.10. The molecule has 0 fully saturated rings. The topological polar surface area (TPSA) is 37.3 Å². The highest BCUT2D eigenvalue weighted by atomic mass is 16.3. The molecule has 0 aromatic rings. The van der Waals surface area contributed by atoms with E-state index in [-0.39, 0.29) is 6.10 Å². The number of aliphatic hydroxyl groups excluding tert-OH is 1. The number of aliphatic hydroxyl groups is 1. The van der Waals surface area contributed by atoms with Crippen LogP contribution in [0.25, 0.3) is 0 Å². The van der Waals surface area contributed by atoms with Crippen LogP contribution in [0.1, 0.15) is 206 Å². The van der Waals surface area contributed by atoms with Gasteiger partial charge >= 0.3 is 0 Å². The third-order valence-corrected chi connectivity index (χ3v) is 7.94. The van der Waals surface area contributed by atoms with Crippen molar-refractivity contribution in [3.05, 3.63) is 0 Å². The van der Waals surface area contributed by atoms with Gasteiger partial charge in [-0.3, -0.25) is 4.79 Å². The first-order valence-electron chi connectivity index (χ1n) is 16.9. The second-order valence-corrected chi connectivity index (χ2v) is 11.8. The molecule has 0 radical (unpaired) electrons. The maximum absolute atomic E-state index is 12.1. The van der Waals surface area contributed by atoms with E-state index >= 15 is 0 Å². The molecule has 36 heavy (non-hydrogen) atoms. The van der Waals surface area contributed by atoms with Gasteiger partial charge in [0.2, 0.25) is 0 Å². The number of unbranched alkanes of at least 4 members (excludes halogenated alkanes) is 23. The van der Waals surface area contributed by atoms with Gasteiger partial charge in [0.05, 0.1) is 6.10 Å². The summed E-state index contributed by atoms with van der Waals surface area (Å²) in [6, 6.07) is 0. The summed E-state index contributed by atoms with van der Waals surface area (Å²) in [5, 5.41) is 10.2. The molecule has 0 amide bonds. The molecule has 0 rings (SSSR count). The Morgan fingerprint density at radius 3 is 0.972 bits per heavy atom. The molecule has 0 aliphatic carbocycles. The van der Waals surface area contributed by atoms with E-state index in [0.29, 0.717) is 5.78 Å². The van der Waals surface area contributed by atoms with Crippen molar-refractivity contribution in [2.75, 3.05) is 0 Å². The summed E-state index contributed by atoms with van der Waals surface area (Å²) >= 11 is 0. The van der Waals surface area contributed by atoms with Crippen LogP contribution in [0.15, 0.2) is 0 Å². The lowest BCUT2D eigenvalue weighted by atomic mass is 10.0. The van der Waals surface area contributed by atoms with Crippen molar-refractivity contribution in [2.24, 2.45) is 0 Å². The predicted molar refractivity (Wildman–Crippen MR) is 161 cm³/mol. The minimum atomic E-state index is -0.0813. The van der Waals surface area contributed by atoms with E-state index in [4.69, 9.17) is 0 Å². The third kappa shape index (κ3) is 29.9. The molecule has 216 valence electrons. The average Bonchev–Trinajstić information content (AvgIpc) is 2.87. The largest absolute Gasteiger partial charge is 0.393 e. The first-order valence-corrected chi connectivity index (χ1v) is 16.9. The Labute approximate surface area is 228 Å². The average molecular weight is 509 g/mol.